The van der Waals surface area contributed by atoms with Gasteiger partial charge in [0.05, 0.1) is 22.6 Å². The summed E-state index contributed by atoms with van der Waals surface area (Å²) in [5.74, 6) is 0.0564. The molecule has 2 aromatic rings. The minimum Gasteiger partial charge on any atom is -0.347 e. The quantitative estimate of drug-likeness (QED) is 0.726. The van der Waals surface area contributed by atoms with Crippen LogP contribution in [0.3, 0.4) is 0 Å². The van der Waals surface area contributed by atoms with Crippen LogP contribution < -0.4 is 10.0 Å². The molecule has 0 bridgehead atoms. The lowest BCUT2D eigenvalue weighted by Crippen LogP contribution is -2.42. The number of fused-ring (bicyclic) bond motifs is 1. The molecule has 0 radical (unpaired) electrons. The van der Waals surface area contributed by atoms with Crippen LogP contribution in [0.25, 0.3) is 6.08 Å². The highest BCUT2D eigenvalue weighted by Gasteiger charge is 2.52. The molecule has 1 unspecified atom stereocenters. The summed E-state index contributed by atoms with van der Waals surface area (Å²) in [4.78, 5) is 15.9. The van der Waals surface area contributed by atoms with E-state index in [0.29, 0.717) is 5.69 Å². The molecular weight excluding hydrogens is 410 g/mol. The largest absolute Gasteiger partial charge is 0.347 e. The van der Waals surface area contributed by atoms with Gasteiger partial charge in [0, 0.05) is 6.54 Å². The average molecular weight is 438 g/mol. The van der Waals surface area contributed by atoms with E-state index in [2.05, 4.69) is 27.1 Å². The Balaban J connectivity index is 1.38. The van der Waals surface area contributed by atoms with Gasteiger partial charge in [0.15, 0.2) is 0 Å². The summed E-state index contributed by atoms with van der Waals surface area (Å²) in [6, 6.07) is 15.7. The predicted molar refractivity (Wildman–Crippen MR) is 122 cm³/mol. The number of rotatable bonds is 6. The van der Waals surface area contributed by atoms with Gasteiger partial charge in [-0.25, -0.2) is 8.42 Å². The number of likely N-dealkylation sites (tertiary alicyclic amines) is 1. The van der Waals surface area contributed by atoms with Crippen LogP contribution in [-0.2, 0) is 20.2 Å². The number of nitrogens with zero attached hydrogens (tertiary/aromatic N) is 1. The van der Waals surface area contributed by atoms with E-state index in [0.717, 1.165) is 49.2 Å². The summed E-state index contributed by atoms with van der Waals surface area (Å²) < 4.78 is 26.0. The number of hydrogen-bond acceptors (Lipinski definition) is 4. The van der Waals surface area contributed by atoms with E-state index in [1.54, 1.807) is 12.1 Å². The van der Waals surface area contributed by atoms with Gasteiger partial charge in [-0.15, -0.1) is 0 Å². The van der Waals surface area contributed by atoms with Crippen molar-refractivity contribution in [3.8, 4) is 0 Å². The summed E-state index contributed by atoms with van der Waals surface area (Å²) in [7, 11) is -3.42. The van der Waals surface area contributed by atoms with Crippen molar-refractivity contribution < 1.29 is 13.2 Å². The molecule has 31 heavy (non-hydrogen) atoms. The van der Waals surface area contributed by atoms with Crippen LogP contribution in [0.1, 0.15) is 48.4 Å². The van der Waals surface area contributed by atoms with Crippen LogP contribution in [0.4, 0.5) is 5.69 Å². The molecule has 2 heterocycles. The first-order valence-electron chi connectivity index (χ1n) is 10.9. The highest BCUT2D eigenvalue weighted by atomic mass is 32.2. The summed E-state index contributed by atoms with van der Waals surface area (Å²) in [6.45, 7) is 2.98. The van der Waals surface area contributed by atoms with Crippen molar-refractivity contribution in [3.63, 3.8) is 0 Å². The maximum atomic E-state index is 13.5. The fourth-order valence-corrected chi connectivity index (χ4v) is 5.54. The molecule has 0 aromatic heterocycles. The highest BCUT2D eigenvalue weighted by molar-refractivity contribution is 7.95. The number of hydrogen-bond donors (Lipinski definition) is 2. The lowest BCUT2D eigenvalue weighted by molar-refractivity contribution is -0.124. The molecule has 2 fully saturated rings. The van der Waals surface area contributed by atoms with E-state index in [1.807, 2.05) is 30.3 Å². The van der Waals surface area contributed by atoms with E-state index in [-0.39, 0.29) is 11.9 Å². The van der Waals surface area contributed by atoms with Crippen molar-refractivity contribution in [1.29, 1.82) is 0 Å². The zero-order chi connectivity index (χ0) is 21.5. The monoisotopic (exact) mass is 437 g/mol. The Labute approximate surface area is 183 Å². The molecule has 0 spiro atoms. The Morgan fingerprint density at radius 3 is 2.55 bits per heavy atom. The van der Waals surface area contributed by atoms with Gasteiger partial charge in [-0.3, -0.25) is 9.52 Å². The molecule has 1 saturated carbocycles. The Morgan fingerprint density at radius 1 is 1.10 bits per heavy atom. The van der Waals surface area contributed by atoms with Crippen molar-refractivity contribution >= 4 is 27.7 Å². The average Bonchev–Trinajstić information content (AvgIpc) is 3.43. The van der Waals surface area contributed by atoms with Crippen LogP contribution in [0.15, 0.2) is 53.9 Å². The zero-order valence-corrected chi connectivity index (χ0v) is 18.2. The number of benzene rings is 2. The molecule has 1 atom stereocenters. The fraction of sp³-hybridized carbons (Fsp3) is 0.375. The molecule has 7 heteroatoms. The first-order valence-corrected chi connectivity index (χ1v) is 12.4. The molecule has 1 saturated heterocycles. The summed E-state index contributed by atoms with van der Waals surface area (Å²) in [5, 5.41) is 4.51. The first-order chi connectivity index (χ1) is 15.0. The number of carbonyl (C=O) groups excluding carboxylic acids is 1. The highest BCUT2D eigenvalue weighted by Crippen LogP contribution is 2.49. The third-order valence-electron chi connectivity index (χ3n) is 6.61. The summed E-state index contributed by atoms with van der Waals surface area (Å²) >= 11 is 0. The Kier molecular flexibility index (Phi) is 5.10. The van der Waals surface area contributed by atoms with Crippen molar-refractivity contribution in [1.82, 2.24) is 10.2 Å². The normalized spacial score (nSPS) is 21.7. The van der Waals surface area contributed by atoms with Gasteiger partial charge in [0.25, 0.3) is 10.0 Å². The van der Waals surface area contributed by atoms with Crippen LogP contribution in [0.2, 0.25) is 0 Å². The SMILES string of the molecule is O=C(NC(CN1CCCC1)c1ccccc1)C1(c2ccc3c(c2)C=CS(=O)(=O)N3)CC1. The molecule has 5 rings (SSSR count). The van der Waals surface area contributed by atoms with Crippen LogP contribution in [-0.4, -0.2) is 38.9 Å². The number of sulfonamides is 1. The van der Waals surface area contributed by atoms with Crippen molar-refractivity contribution in [2.24, 2.45) is 0 Å². The molecule has 1 amide bonds. The number of anilines is 1. The van der Waals surface area contributed by atoms with Gasteiger partial charge in [-0.2, -0.15) is 0 Å². The van der Waals surface area contributed by atoms with Gasteiger partial charge in [0.2, 0.25) is 5.91 Å². The van der Waals surface area contributed by atoms with Crippen LogP contribution in [0.5, 0.6) is 0 Å². The first kappa shape index (κ1) is 20.3. The molecule has 2 aromatic carbocycles. The van der Waals surface area contributed by atoms with E-state index in [4.69, 9.17) is 0 Å². The number of carbonyl (C=O) groups is 1. The zero-order valence-electron chi connectivity index (χ0n) is 17.4. The van der Waals surface area contributed by atoms with Crippen molar-refractivity contribution in [2.45, 2.75) is 37.1 Å². The number of nitrogens with one attached hydrogen (secondary N) is 2. The number of amides is 1. The lowest BCUT2D eigenvalue weighted by atomic mass is 9.92. The fourth-order valence-electron chi connectivity index (χ4n) is 4.65. The Morgan fingerprint density at radius 2 is 1.84 bits per heavy atom. The predicted octanol–water partition coefficient (Wildman–Crippen LogP) is 3.40. The molecule has 3 aliphatic rings. The molecule has 2 N–H and O–H groups in total. The van der Waals surface area contributed by atoms with Gasteiger partial charge < -0.3 is 10.2 Å². The van der Waals surface area contributed by atoms with E-state index >= 15 is 0 Å². The van der Waals surface area contributed by atoms with Crippen LogP contribution in [0, 0.1) is 0 Å². The Hall–Kier alpha value is -2.64. The molecule has 1 aliphatic carbocycles. The van der Waals surface area contributed by atoms with Gasteiger partial charge >= 0.3 is 0 Å². The smallest absolute Gasteiger partial charge is 0.255 e. The molecule has 162 valence electrons. The Bertz CT molecular complexity index is 1120. The molecule has 2 aliphatic heterocycles. The van der Waals surface area contributed by atoms with Gasteiger partial charge in [-0.1, -0.05) is 36.4 Å². The third kappa shape index (κ3) is 4.12. The second-order valence-electron chi connectivity index (χ2n) is 8.78. The van der Waals surface area contributed by atoms with Crippen LogP contribution >= 0.6 is 0 Å². The maximum absolute atomic E-state index is 13.5. The van der Waals surface area contributed by atoms with Crippen molar-refractivity contribution in [2.75, 3.05) is 24.4 Å². The second kappa shape index (κ2) is 7.80. The summed E-state index contributed by atoms with van der Waals surface area (Å²) in [5.41, 5.74) is 2.89. The minimum atomic E-state index is -3.42. The van der Waals surface area contributed by atoms with E-state index in [9.17, 15) is 13.2 Å². The molecular formula is C24H27N3O3S. The van der Waals surface area contributed by atoms with Gasteiger partial charge in [-0.05, 0) is 73.7 Å². The third-order valence-corrected chi connectivity index (χ3v) is 7.61. The molecule has 6 nitrogen and oxygen atoms in total. The van der Waals surface area contributed by atoms with E-state index < -0.39 is 15.4 Å². The van der Waals surface area contributed by atoms with Gasteiger partial charge in [0.1, 0.15) is 0 Å². The topological polar surface area (TPSA) is 78.5 Å². The second-order valence-corrected chi connectivity index (χ2v) is 10.3. The lowest BCUT2D eigenvalue weighted by Gasteiger charge is -2.27. The summed E-state index contributed by atoms with van der Waals surface area (Å²) in [6.07, 6.45) is 5.63. The maximum Gasteiger partial charge on any atom is 0.255 e. The van der Waals surface area contributed by atoms with Crippen molar-refractivity contribution in [3.05, 3.63) is 70.6 Å². The standard InChI is InChI=1S/C24H27N3O3S/c28-23(25-22(17-27-13-4-5-14-27)18-6-2-1-3-7-18)24(11-12-24)20-8-9-21-19(16-20)10-15-31(29,30)26-21/h1-3,6-10,15-16,22,26H,4-5,11-14,17H2,(H,25,28). The minimum absolute atomic E-state index is 0.0476. The van der Waals surface area contributed by atoms with E-state index in [1.165, 1.54) is 18.2 Å².